The number of rotatable bonds is 8. The fourth-order valence-corrected chi connectivity index (χ4v) is 2.01. The number of methoxy groups -OCH3 is 1. The van der Waals surface area contributed by atoms with Gasteiger partial charge in [0.1, 0.15) is 0 Å². The smallest absolute Gasteiger partial charge is 0.0465 e. The highest BCUT2D eigenvalue weighted by Gasteiger charge is 2.19. The van der Waals surface area contributed by atoms with Gasteiger partial charge in [0.05, 0.1) is 0 Å². The molecule has 0 amide bonds. The van der Waals surface area contributed by atoms with Crippen LogP contribution >= 0.6 is 0 Å². The van der Waals surface area contributed by atoms with Crippen LogP contribution in [0, 0.1) is 6.92 Å². The molecule has 0 aliphatic heterocycles. The first-order chi connectivity index (χ1) is 8.79. The Morgan fingerprint density at radius 1 is 1.33 bits per heavy atom. The number of hydrazine groups is 1. The lowest BCUT2D eigenvalue weighted by molar-refractivity contribution is 0.195. The standard InChI is InChI=1S/C15H24N2O/c1-12-5-6-13(4-3-9-18-2)10-14(12)11-16-17-15-7-8-15/h5-6,10,15-17H,3-4,7-9,11H2,1-2H3. The molecule has 100 valence electrons. The van der Waals surface area contributed by atoms with Crippen LogP contribution in [-0.4, -0.2) is 19.8 Å². The Kier molecular flexibility index (Phi) is 5.17. The molecule has 1 aliphatic carbocycles. The predicted molar refractivity (Wildman–Crippen MR) is 74.4 cm³/mol. The van der Waals surface area contributed by atoms with Crippen LogP contribution in [-0.2, 0) is 17.7 Å². The topological polar surface area (TPSA) is 33.3 Å². The first kappa shape index (κ1) is 13.5. The number of benzene rings is 1. The second-order valence-electron chi connectivity index (χ2n) is 5.13. The van der Waals surface area contributed by atoms with Crippen LogP contribution in [0.4, 0.5) is 0 Å². The number of hydrogen-bond acceptors (Lipinski definition) is 3. The Balaban J connectivity index is 1.83. The zero-order chi connectivity index (χ0) is 12.8. The van der Waals surface area contributed by atoms with Gasteiger partial charge in [0.25, 0.3) is 0 Å². The minimum atomic E-state index is 0.704. The minimum absolute atomic E-state index is 0.704. The van der Waals surface area contributed by atoms with Crippen molar-refractivity contribution < 1.29 is 4.74 Å². The third-order valence-electron chi connectivity index (χ3n) is 3.39. The van der Waals surface area contributed by atoms with Gasteiger partial charge in [-0.1, -0.05) is 18.2 Å². The molecule has 0 radical (unpaired) electrons. The van der Waals surface area contributed by atoms with Gasteiger partial charge in [-0.2, -0.15) is 0 Å². The average Bonchev–Trinajstić information content (AvgIpc) is 3.17. The minimum Gasteiger partial charge on any atom is -0.385 e. The molecule has 0 aromatic heterocycles. The summed E-state index contributed by atoms with van der Waals surface area (Å²) >= 11 is 0. The molecule has 0 unspecified atom stereocenters. The number of nitrogens with one attached hydrogen (secondary N) is 2. The van der Waals surface area contributed by atoms with Crippen LogP contribution < -0.4 is 10.9 Å². The van der Waals surface area contributed by atoms with Crippen LogP contribution in [0.15, 0.2) is 18.2 Å². The summed E-state index contributed by atoms with van der Waals surface area (Å²) < 4.78 is 5.09. The molecule has 0 bridgehead atoms. The molecule has 2 rings (SSSR count). The van der Waals surface area contributed by atoms with Crippen molar-refractivity contribution in [1.29, 1.82) is 0 Å². The molecular weight excluding hydrogens is 224 g/mol. The lowest BCUT2D eigenvalue weighted by Gasteiger charge is -2.11. The van der Waals surface area contributed by atoms with Crippen LogP contribution in [0.1, 0.15) is 36.0 Å². The van der Waals surface area contributed by atoms with Crippen molar-refractivity contribution in [2.24, 2.45) is 0 Å². The van der Waals surface area contributed by atoms with Gasteiger partial charge in [-0.15, -0.1) is 0 Å². The third kappa shape index (κ3) is 4.41. The molecule has 1 aromatic carbocycles. The molecule has 1 saturated carbocycles. The summed E-state index contributed by atoms with van der Waals surface area (Å²) in [6.45, 7) is 3.91. The zero-order valence-corrected chi connectivity index (χ0v) is 11.5. The molecule has 0 heterocycles. The van der Waals surface area contributed by atoms with E-state index in [9.17, 15) is 0 Å². The van der Waals surface area contributed by atoms with Gasteiger partial charge in [0.2, 0.25) is 0 Å². The van der Waals surface area contributed by atoms with Crippen molar-refractivity contribution in [3.63, 3.8) is 0 Å². The molecule has 3 nitrogen and oxygen atoms in total. The lowest BCUT2D eigenvalue weighted by Crippen LogP contribution is -2.33. The Morgan fingerprint density at radius 3 is 2.89 bits per heavy atom. The van der Waals surface area contributed by atoms with Crippen LogP contribution in [0.25, 0.3) is 0 Å². The molecule has 18 heavy (non-hydrogen) atoms. The first-order valence-corrected chi connectivity index (χ1v) is 6.85. The molecule has 1 aromatic rings. The Hall–Kier alpha value is -0.900. The predicted octanol–water partition coefficient (Wildman–Crippen LogP) is 2.33. The summed E-state index contributed by atoms with van der Waals surface area (Å²) in [5.74, 6) is 0. The maximum absolute atomic E-state index is 5.09. The maximum atomic E-state index is 5.09. The van der Waals surface area contributed by atoms with Gasteiger partial charge in [0, 0.05) is 26.3 Å². The van der Waals surface area contributed by atoms with Crippen molar-refractivity contribution in [3.05, 3.63) is 34.9 Å². The van der Waals surface area contributed by atoms with Gasteiger partial charge in [0.15, 0.2) is 0 Å². The lowest BCUT2D eigenvalue weighted by atomic mass is 10.0. The maximum Gasteiger partial charge on any atom is 0.0465 e. The van der Waals surface area contributed by atoms with Gasteiger partial charge >= 0.3 is 0 Å². The van der Waals surface area contributed by atoms with Crippen molar-refractivity contribution in [2.75, 3.05) is 13.7 Å². The van der Waals surface area contributed by atoms with Crippen LogP contribution in [0.3, 0.4) is 0 Å². The van der Waals surface area contributed by atoms with E-state index in [1.54, 1.807) is 7.11 Å². The number of ether oxygens (including phenoxy) is 1. The van der Waals surface area contributed by atoms with Crippen LogP contribution in [0.5, 0.6) is 0 Å². The van der Waals surface area contributed by atoms with Crippen molar-refractivity contribution in [3.8, 4) is 0 Å². The van der Waals surface area contributed by atoms with Crippen molar-refractivity contribution in [1.82, 2.24) is 10.9 Å². The fourth-order valence-electron chi connectivity index (χ4n) is 2.01. The van der Waals surface area contributed by atoms with E-state index in [2.05, 4.69) is 36.0 Å². The Bertz CT molecular complexity index is 375. The monoisotopic (exact) mass is 248 g/mol. The van der Waals surface area contributed by atoms with E-state index in [1.807, 2.05) is 0 Å². The third-order valence-corrected chi connectivity index (χ3v) is 3.39. The number of aryl methyl sites for hydroxylation is 2. The summed E-state index contributed by atoms with van der Waals surface area (Å²) in [6, 6.07) is 7.46. The highest BCUT2D eigenvalue weighted by atomic mass is 16.5. The summed E-state index contributed by atoms with van der Waals surface area (Å²) in [5, 5.41) is 0. The van der Waals surface area contributed by atoms with Crippen LogP contribution in [0.2, 0.25) is 0 Å². The van der Waals surface area contributed by atoms with Gasteiger partial charge in [-0.05, 0) is 49.3 Å². The first-order valence-electron chi connectivity index (χ1n) is 6.85. The highest BCUT2D eigenvalue weighted by molar-refractivity contribution is 5.31. The Morgan fingerprint density at radius 2 is 2.17 bits per heavy atom. The van der Waals surface area contributed by atoms with E-state index in [1.165, 1.54) is 29.5 Å². The van der Waals surface area contributed by atoms with Gasteiger partial charge in [-0.3, -0.25) is 10.9 Å². The van der Waals surface area contributed by atoms with Crippen molar-refractivity contribution >= 4 is 0 Å². The largest absolute Gasteiger partial charge is 0.385 e. The molecule has 1 aliphatic rings. The summed E-state index contributed by atoms with van der Waals surface area (Å²) in [5.41, 5.74) is 10.8. The van der Waals surface area contributed by atoms with Crippen molar-refractivity contribution in [2.45, 2.75) is 45.2 Å². The normalized spacial score (nSPS) is 15.0. The Labute approximate surface area is 110 Å². The quantitative estimate of drug-likeness (QED) is 0.547. The van der Waals surface area contributed by atoms with E-state index >= 15 is 0 Å². The summed E-state index contributed by atoms with van der Waals surface area (Å²) in [4.78, 5) is 0. The second kappa shape index (κ2) is 6.88. The van der Waals surface area contributed by atoms with E-state index in [-0.39, 0.29) is 0 Å². The molecule has 0 atom stereocenters. The van der Waals surface area contributed by atoms with Gasteiger partial charge < -0.3 is 4.74 Å². The summed E-state index contributed by atoms with van der Waals surface area (Å²) in [6.07, 6.45) is 4.80. The molecule has 1 fully saturated rings. The average molecular weight is 248 g/mol. The van der Waals surface area contributed by atoms with E-state index < -0.39 is 0 Å². The fraction of sp³-hybridized carbons (Fsp3) is 0.600. The van der Waals surface area contributed by atoms with E-state index in [4.69, 9.17) is 4.74 Å². The summed E-state index contributed by atoms with van der Waals surface area (Å²) in [7, 11) is 1.76. The van der Waals surface area contributed by atoms with E-state index in [0.29, 0.717) is 6.04 Å². The second-order valence-corrected chi connectivity index (χ2v) is 5.13. The zero-order valence-electron chi connectivity index (χ0n) is 11.5. The number of hydrogen-bond donors (Lipinski definition) is 2. The van der Waals surface area contributed by atoms with Gasteiger partial charge in [-0.25, -0.2) is 0 Å². The SMILES string of the molecule is COCCCc1ccc(C)c(CNNC2CC2)c1. The molecule has 0 spiro atoms. The molecule has 0 saturated heterocycles. The van der Waals surface area contributed by atoms with E-state index in [0.717, 1.165) is 26.0 Å². The molecule has 2 N–H and O–H groups in total. The highest BCUT2D eigenvalue weighted by Crippen LogP contribution is 2.18. The molecule has 3 heteroatoms. The molecular formula is C15H24N2O.